The highest BCUT2D eigenvalue weighted by Gasteiger charge is 2.27. The minimum Gasteiger partial charge on any atom is -0.478 e. The number of carboxylic acids is 2. The summed E-state index contributed by atoms with van der Waals surface area (Å²) in [7, 11) is 0. The van der Waals surface area contributed by atoms with E-state index in [4.69, 9.17) is 0 Å². The molecule has 1 aliphatic carbocycles. The zero-order valence-electron chi connectivity index (χ0n) is 18.5. The number of carbonyl (C=O) groups is 4. The van der Waals surface area contributed by atoms with Crippen LogP contribution in [0.5, 0.6) is 0 Å². The molecule has 2 amide bonds. The highest BCUT2D eigenvalue weighted by atomic mass is 16.4. The number of aromatic carboxylic acids is 2. The molecule has 0 radical (unpaired) electrons. The third-order valence-corrected chi connectivity index (χ3v) is 5.91. The molecule has 8 heteroatoms. The van der Waals surface area contributed by atoms with E-state index in [-0.39, 0.29) is 34.3 Å². The maximum Gasteiger partial charge on any atom is 0.336 e. The Kier molecular flexibility index (Phi) is 7.63. The number of nitrogens with one attached hydrogen (secondary N) is 2. The Morgan fingerprint density at radius 3 is 1.32 bits per heavy atom. The van der Waals surface area contributed by atoms with Gasteiger partial charge in [-0.05, 0) is 61.1 Å². The van der Waals surface area contributed by atoms with E-state index in [1.165, 1.54) is 36.4 Å². The van der Waals surface area contributed by atoms with Crippen molar-refractivity contribution in [2.45, 2.75) is 37.8 Å². The van der Waals surface area contributed by atoms with E-state index in [9.17, 15) is 29.4 Å². The summed E-state index contributed by atoms with van der Waals surface area (Å²) in [4.78, 5) is 48.5. The molecule has 176 valence electrons. The van der Waals surface area contributed by atoms with Crippen LogP contribution in [0.3, 0.4) is 0 Å². The second kappa shape index (κ2) is 10.6. The molecule has 3 rings (SSSR count). The van der Waals surface area contributed by atoms with Crippen molar-refractivity contribution >= 4 is 35.9 Å². The molecule has 0 unspecified atom stereocenters. The van der Waals surface area contributed by atoms with Gasteiger partial charge >= 0.3 is 11.9 Å². The van der Waals surface area contributed by atoms with Gasteiger partial charge in [0.05, 0.1) is 22.3 Å². The monoisotopic (exact) mass is 462 g/mol. The zero-order valence-corrected chi connectivity index (χ0v) is 18.5. The van der Waals surface area contributed by atoms with Gasteiger partial charge in [-0.25, -0.2) is 9.59 Å². The molecule has 2 aromatic rings. The van der Waals surface area contributed by atoms with Crippen LogP contribution in [0.4, 0.5) is 0 Å². The molecule has 0 bridgehead atoms. The summed E-state index contributed by atoms with van der Waals surface area (Å²) in [5.41, 5.74) is 1.20. The Bertz CT molecular complexity index is 1070. The molecular formula is C26H26N2O6. The standard InChI is InChI=1S/C26H26N2O6/c1-3-15-5-11-19(21(13-15)25(31)32)23(29)27-17-7-9-18(10-8-17)28-24(30)20-12-6-16(4-2)14-22(20)26(33)34/h3-6,11-14,17-18H,1-2,7-10H2,(H,27,29)(H,28,30)(H,31,32)(H,33,34). The topological polar surface area (TPSA) is 133 Å². The molecular weight excluding hydrogens is 436 g/mol. The number of rotatable bonds is 8. The van der Waals surface area contributed by atoms with Gasteiger partial charge < -0.3 is 20.8 Å². The number of amides is 2. The predicted molar refractivity (Wildman–Crippen MR) is 128 cm³/mol. The van der Waals surface area contributed by atoms with Crippen LogP contribution in [0, 0.1) is 0 Å². The smallest absolute Gasteiger partial charge is 0.336 e. The number of carboxylic acid groups (broad SMARTS) is 2. The van der Waals surface area contributed by atoms with Gasteiger partial charge in [-0.1, -0.05) is 37.4 Å². The van der Waals surface area contributed by atoms with Crippen molar-refractivity contribution in [3.63, 3.8) is 0 Å². The van der Waals surface area contributed by atoms with Gasteiger partial charge in [0.1, 0.15) is 0 Å². The lowest BCUT2D eigenvalue weighted by atomic mass is 9.90. The van der Waals surface area contributed by atoms with Gasteiger partial charge in [-0.15, -0.1) is 0 Å². The summed E-state index contributed by atoms with van der Waals surface area (Å²) in [6.07, 6.45) is 5.37. The molecule has 4 N–H and O–H groups in total. The van der Waals surface area contributed by atoms with Crippen molar-refractivity contribution in [1.82, 2.24) is 10.6 Å². The van der Waals surface area contributed by atoms with Crippen LogP contribution in [0.15, 0.2) is 49.6 Å². The highest BCUT2D eigenvalue weighted by Crippen LogP contribution is 2.22. The summed E-state index contributed by atoms with van der Waals surface area (Å²) in [6.45, 7) is 7.22. The SMILES string of the molecule is C=Cc1ccc(C(=O)NC2CCC(NC(=O)c3ccc(C=C)cc3C(=O)O)CC2)c(C(=O)O)c1. The maximum absolute atomic E-state index is 12.7. The molecule has 1 aliphatic rings. The molecule has 0 spiro atoms. The Balaban J connectivity index is 1.60. The van der Waals surface area contributed by atoms with Gasteiger partial charge in [-0.2, -0.15) is 0 Å². The van der Waals surface area contributed by atoms with E-state index in [0.29, 0.717) is 36.8 Å². The first-order chi connectivity index (χ1) is 16.2. The second-order valence-electron chi connectivity index (χ2n) is 8.12. The molecule has 0 aromatic heterocycles. The molecule has 1 saturated carbocycles. The minimum atomic E-state index is -1.19. The Morgan fingerprint density at radius 2 is 1.03 bits per heavy atom. The molecule has 0 atom stereocenters. The van der Waals surface area contributed by atoms with Gasteiger partial charge in [0.2, 0.25) is 0 Å². The van der Waals surface area contributed by atoms with Gasteiger partial charge in [0.25, 0.3) is 11.8 Å². The van der Waals surface area contributed by atoms with Crippen LogP contribution in [0.2, 0.25) is 0 Å². The average molecular weight is 463 g/mol. The van der Waals surface area contributed by atoms with Crippen molar-refractivity contribution in [1.29, 1.82) is 0 Å². The van der Waals surface area contributed by atoms with Gasteiger partial charge in [0, 0.05) is 12.1 Å². The fraction of sp³-hybridized carbons (Fsp3) is 0.231. The van der Waals surface area contributed by atoms with E-state index in [0.717, 1.165) is 0 Å². The lowest BCUT2D eigenvalue weighted by Crippen LogP contribution is -2.44. The van der Waals surface area contributed by atoms with Crippen molar-refractivity contribution < 1.29 is 29.4 Å². The number of carbonyl (C=O) groups excluding carboxylic acids is 2. The minimum absolute atomic E-state index is 0.0812. The van der Waals surface area contributed by atoms with Crippen LogP contribution >= 0.6 is 0 Å². The third-order valence-electron chi connectivity index (χ3n) is 5.91. The average Bonchev–Trinajstić information content (AvgIpc) is 2.84. The maximum atomic E-state index is 12.7. The van der Waals surface area contributed by atoms with Crippen LogP contribution in [0.1, 0.15) is 78.2 Å². The van der Waals surface area contributed by atoms with Crippen LogP contribution in [-0.2, 0) is 0 Å². The fourth-order valence-electron chi connectivity index (χ4n) is 4.04. The van der Waals surface area contributed by atoms with E-state index in [1.54, 1.807) is 12.1 Å². The molecule has 0 aliphatic heterocycles. The molecule has 0 saturated heterocycles. The van der Waals surface area contributed by atoms with Crippen molar-refractivity contribution in [2.75, 3.05) is 0 Å². The number of benzene rings is 2. The number of hydrogen-bond donors (Lipinski definition) is 4. The summed E-state index contributed by atoms with van der Waals surface area (Å²) in [5.74, 6) is -3.31. The zero-order chi connectivity index (χ0) is 24.8. The summed E-state index contributed by atoms with van der Waals surface area (Å²) in [5, 5.41) is 24.6. The van der Waals surface area contributed by atoms with Crippen molar-refractivity contribution in [2.24, 2.45) is 0 Å². The molecule has 2 aromatic carbocycles. The lowest BCUT2D eigenvalue weighted by molar-refractivity contribution is 0.0681. The number of hydrogen-bond acceptors (Lipinski definition) is 4. The van der Waals surface area contributed by atoms with E-state index >= 15 is 0 Å². The highest BCUT2D eigenvalue weighted by molar-refractivity contribution is 6.06. The quantitative estimate of drug-likeness (QED) is 0.471. The summed E-state index contributed by atoms with van der Waals surface area (Å²) in [6, 6.07) is 8.69. The molecule has 8 nitrogen and oxygen atoms in total. The molecule has 0 heterocycles. The predicted octanol–water partition coefficient (Wildman–Crippen LogP) is 3.84. The van der Waals surface area contributed by atoms with Crippen molar-refractivity contribution in [3.8, 4) is 0 Å². The summed E-state index contributed by atoms with van der Waals surface area (Å²) >= 11 is 0. The summed E-state index contributed by atoms with van der Waals surface area (Å²) < 4.78 is 0. The van der Waals surface area contributed by atoms with Crippen LogP contribution < -0.4 is 10.6 Å². The van der Waals surface area contributed by atoms with Crippen molar-refractivity contribution in [3.05, 3.63) is 82.9 Å². The Hall–Kier alpha value is -4.20. The lowest BCUT2D eigenvalue weighted by Gasteiger charge is -2.30. The molecule has 34 heavy (non-hydrogen) atoms. The van der Waals surface area contributed by atoms with E-state index in [2.05, 4.69) is 23.8 Å². The van der Waals surface area contributed by atoms with E-state index < -0.39 is 23.8 Å². The molecule has 1 fully saturated rings. The first kappa shape index (κ1) is 24.4. The normalized spacial score (nSPS) is 17.3. The Morgan fingerprint density at radius 1 is 0.676 bits per heavy atom. The second-order valence-corrected chi connectivity index (χ2v) is 8.12. The first-order valence-electron chi connectivity index (χ1n) is 10.8. The van der Waals surface area contributed by atoms with Crippen LogP contribution in [0.25, 0.3) is 12.2 Å². The first-order valence-corrected chi connectivity index (χ1v) is 10.8. The largest absolute Gasteiger partial charge is 0.478 e. The Labute approximate surface area is 197 Å². The third kappa shape index (κ3) is 5.58. The van der Waals surface area contributed by atoms with Gasteiger partial charge in [0.15, 0.2) is 0 Å². The van der Waals surface area contributed by atoms with E-state index in [1.807, 2.05) is 0 Å². The van der Waals surface area contributed by atoms with Gasteiger partial charge in [-0.3, -0.25) is 9.59 Å². The fourth-order valence-corrected chi connectivity index (χ4v) is 4.04. The van der Waals surface area contributed by atoms with Crippen LogP contribution in [-0.4, -0.2) is 46.0 Å².